The Morgan fingerprint density at radius 2 is 1.94 bits per heavy atom. The van der Waals surface area contributed by atoms with E-state index in [1.54, 1.807) is 0 Å². The molecule has 1 heterocycles. The molecule has 1 aromatic carbocycles. The predicted octanol–water partition coefficient (Wildman–Crippen LogP) is 2.80. The molecule has 1 amide bonds. The lowest BCUT2D eigenvalue weighted by atomic mass is 10.1. The van der Waals surface area contributed by atoms with E-state index in [0.29, 0.717) is 6.07 Å². The largest absolute Gasteiger partial charge is 0.447 e. The number of rotatable bonds is 1. The standard InChI is InChI=1S/C10H7F4NO2/c11-7-3-6(10(12,13)14)4-8(5-7)15-1-2-17-9(15)16/h3-5H,1-2H2. The van der Waals surface area contributed by atoms with Gasteiger partial charge in [0.2, 0.25) is 0 Å². The maximum absolute atomic E-state index is 13.1. The van der Waals surface area contributed by atoms with Gasteiger partial charge in [0.15, 0.2) is 0 Å². The second-order valence-electron chi connectivity index (χ2n) is 3.46. The van der Waals surface area contributed by atoms with Crippen molar-refractivity contribution < 1.29 is 27.1 Å². The maximum Gasteiger partial charge on any atom is 0.416 e. The van der Waals surface area contributed by atoms with Gasteiger partial charge in [0.25, 0.3) is 0 Å². The van der Waals surface area contributed by atoms with Crippen LogP contribution in [0.5, 0.6) is 0 Å². The number of hydrogen-bond donors (Lipinski definition) is 0. The van der Waals surface area contributed by atoms with Crippen LogP contribution in [-0.4, -0.2) is 19.2 Å². The maximum atomic E-state index is 13.1. The Kier molecular flexibility index (Phi) is 2.68. The van der Waals surface area contributed by atoms with E-state index in [-0.39, 0.29) is 18.8 Å². The third-order valence-corrected chi connectivity index (χ3v) is 2.28. The molecule has 0 spiro atoms. The van der Waals surface area contributed by atoms with Crippen LogP contribution < -0.4 is 4.90 Å². The second-order valence-corrected chi connectivity index (χ2v) is 3.46. The van der Waals surface area contributed by atoms with Gasteiger partial charge >= 0.3 is 12.3 Å². The monoisotopic (exact) mass is 249 g/mol. The lowest BCUT2D eigenvalue weighted by Gasteiger charge is -2.15. The number of carbonyl (C=O) groups is 1. The fourth-order valence-electron chi connectivity index (χ4n) is 1.52. The van der Waals surface area contributed by atoms with Crippen molar-refractivity contribution in [2.45, 2.75) is 6.18 Å². The van der Waals surface area contributed by atoms with Crippen molar-refractivity contribution in [2.24, 2.45) is 0 Å². The van der Waals surface area contributed by atoms with Crippen molar-refractivity contribution in [3.05, 3.63) is 29.6 Å². The van der Waals surface area contributed by atoms with Crippen LogP contribution in [0.4, 0.5) is 28.0 Å². The van der Waals surface area contributed by atoms with E-state index in [1.165, 1.54) is 0 Å². The van der Waals surface area contributed by atoms with E-state index in [0.717, 1.165) is 17.0 Å². The van der Waals surface area contributed by atoms with E-state index in [9.17, 15) is 22.4 Å². The Morgan fingerprint density at radius 1 is 1.24 bits per heavy atom. The molecular weight excluding hydrogens is 242 g/mol. The Bertz CT molecular complexity index is 458. The first-order valence-electron chi connectivity index (χ1n) is 4.70. The summed E-state index contributed by atoms with van der Waals surface area (Å²) in [5, 5.41) is 0. The van der Waals surface area contributed by atoms with Gasteiger partial charge in [0.1, 0.15) is 12.4 Å². The number of ether oxygens (including phenoxy) is 1. The minimum Gasteiger partial charge on any atom is -0.447 e. The topological polar surface area (TPSA) is 29.5 Å². The van der Waals surface area contributed by atoms with Gasteiger partial charge in [-0.2, -0.15) is 13.2 Å². The lowest BCUT2D eigenvalue weighted by Crippen LogP contribution is -2.24. The Morgan fingerprint density at radius 3 is 2.47 bits per heavy atom. The van der Waals surface area contributed by atoms with Gasteiger partial charge in [-0.05, 0) is 18.2 Å². The number of anilines is 1. The molecule has 1 saturated heterocycles. The van der Waals surface area contributed by atoms with Gasteiger partial charge in [0, 0.05) is 0 Å². The van der Waals surface area contributed by atoms with Crippen molar-refractivity contribution in [2.75, 3.05) is 18.1 Å². The third kappa shape index (κ3) is 2.32. The molecule has 3 nitrogen and oxygen atoms in total. The van der Waals surface area contributed by atoms with Gasteiger partial charge in [0.05, 0.1) is 17.8 Å². The molecule has 0 unspecified atom stereocenters. The molecule has 0 aliphatic carbocycles. The Hall–Kier alpha value is -1.79. The summed E-state index contributed by atoms with van der Waals surface area (Å²) in [4.78, 5) is 12.1. The molecule has 0 bridgehead atoms. The third-order valence-electron chi connectivity index (χ3n) is 2.28. The van der Waals surface area contributed by atoms with Gasteiger partial charge in [-0.25, -0.2) is 9.18 Å². The van der Waals surface area contributed by atoms with Gasteiger partial charge < -0.3 is 4.74 Å². The number of alkyl halides is 3. The predicted molar refractivity (Wildman–Crippen MR) is 50.1 cm³/mol. The number of amides is 1. The van der Waals surface area contributed by atoms with Crippen LogP contribution in [0.3, 0.4) is 0 Å². The van der Waals surface area contributed by atoms with E-state index < -0.39 is 23.7 Å². The molecule has 0 aromatic heterocycles. The molecule has 0 atom stereocenters. The highest BCUT2D eigenvalue weighted by atomic mass is 19.4. The highest BCUT2D eigenvalue weighted by Gasteiger charge is 2.33. The van der Waals surface area contributed by atoms with Crippen molar-refractivity contribution in [3.8, 4) is 0 Å². The van der Waals surface area contributed by atoms with Crippen LogP contribution in [0, 0.1) is 5.82 Å². The van der Waals surface area contributed by atoms with Crippen LogP contribution >= 0.6 is 0 Å². The number of benzene rings is 1. The summed E-state index contributed by atoms with van der Waals surface area (Å²) in [6.07, 6.45) is -5.43. The number of hydrogen-bond acceptors (Lipinski definition) is 2. The average Bonchev–Trinajstić information content (AvgIpc) is 2.62. The molecule has 7 heteroatoms. The molecule has 92 valence electrons. The first-order valence-corrected chi connectivity index (χ1v) is 4.70. The van der Waals surface area contributed by atoms with Crippen molar-refractivity contribution in [1.29, 1.82) is 0 Å². The second kappa shape index (κ2) is 3.90. The minimum absolute atomic E-state index is 0.0801. The van der Waals surface area contributed by atoms with E-state index >= 15 is 0 Å². The number of cyclic esters (lactones) is 1. The average molecular weight is 249 g/mol. The molecule has 17 heavy (non-hydrogen) atoms. The smallest absolute Gasteiger partial charge is 0.416 e. The molecule has 1 aromatic rings. The van der Waals surface area contributed by atoms with Crippen molar-refractivity contribution >= 4 is 11.8 Å². The fraction of sp³-hybridized carbons (Fsp3) is 0.300. The minimum atomic E-state index is -4.65. The van der Waals surface area contributed by atoms with E-state index in [1.807, 2.05) is 0 Å². The molecule has 1 aliphatic heterocycles. The van der Waals surface area contributed by atoms with Gasteiger partial charge in [-0.15, -0.1) is 0 Å². The summed E-state index contributed by atoms with van der Waals surface area (Å²) in [6.45, 7) is 0.191. The van der Waals surface area contributed by atoms with E-state index in [2.05, 4.69) is 4.74 Å². The molecule has 2 rings (SSSR count). The Labute approximate surface area is 93.6 Å². The molecule has 0 radical (unpaired) electrons. The summed E-state index contributed by atoms with van der Waals surface area (Å²) in [7, 11) is 0. The zero-order valence-electron chi connectivity index (χ0n) is 8.42. The summed E-state index contributed by atoms with van der Waals surface area (Å²) in [5.74, 6) is -1.05. The number of carbonyl (C=O) groups excluding carboxylic acids is 1. The van der Waals surface area contributed by atoms with Gasteiger partial charge in [-0.1, -0.05) is 0 Å². The Balaban J connectivity index is 2.41. The SMILES string of the molecule is O=C1OCCN1c1cc(F)cc(C(F)(F)F)c1. The van der Waals surface area contributed by atoms with Crippen LogP contribution in [0.15, 0.2) is 18.2 Å². The quantitative estimate of drug-likeness (QED) is 0.716. The summed E-state index contributed by atoms with van der Waals surface area (Å²) in [6, 6.07) is 1.96. The molecule has 1 fully saturated rings. The highest BCUT2D eigenvalue weighted by molar-refractivity contribution is 5.89. The number of nitrogens with zero attached hydrogens (tertiary/aromatic N) is 1. The number of halogens is 4. The molecular formula is C10H7F4NO2. The fourth-order valence-corrected chi connectivity index (χ4v) is 1.52. The zero-order chi connectivity index (χ0) is 12.6. The molecule has 0 N–H and O–H groups in total. The molecule has 1 aliphatic rings. The first-order chi connectivity index (χ1) is 7.88. The van der Waals surface area contributed by atoms with Gasteiger partial charge in [-0.3, -0.25) is 4.90 Å². The zero-order valence-corrected chi connectivity index (χ0v) is 8.42. The summed E-state index contributed by atoms with van der Waals surface area (Å²) in [5.41, 5.74) is -1.29. The lowest BCUT2D eigenvalue weighted by molar-refractivity contribution is -0.137. The normalized spacial score (nSPS) is 16.2. The molecule has 0 saturated carbocycles. The van der Waals surface area contributed by atoms with Crippen molar-refractivity contribution in [1.82, 2.24) is 0 Å². The highest BCUT2D eigenvalue weighted by Crippen LogP contribution is 2.33. The van der Waals surface area contributed by atoms with Crippen LogP contribution in [-0.2, 0) is 10.9 Å². The summed E-state index contributed by atoms with van der Waals surface area (Å²) < 4.78 is 54.9. The van der Waals surface area contributed by atoms with Crippen molar-refractivity contribution in [3.63, 3.8) is 0 Å². The van der Waals surface area contributed by atoms with Crippen LogP contribution in [0.1, 0.15) is 5.56 Å². The van der Waals surface area contributed by atoms with Crippen LogP contribution in [0.25, 0.3) is 0 Å². The van der Waals surface area contributed by atoms with Crippen LogP contribution in [0.2, 0.25) is 0 Å². The van der Waals surface area contributed by atoms with E-state index in [4.69, 9.17) is 0 Å². The first kappa shape index (κ1) is 11.7. The summed E-state index contributed by atoms with van der Waals surface area (Å²) >= 11 is 0.